The van der Waals surface area contributed by atoms with Crippen LogP contribution in [0.5, 0.6) is 5.75 Å². The quantitative estimate of drug-likeness (QED) is 0.625. The predicted octanol–water partition coefficient (Wildman–Crippen LogP) is 4.45. The summed E-state index contributed by atoms with van der Waals surface area (Å²) in [6.07, 6.45) is -1.12. The number of amides is 2. The predicted molar refractivity (Wildman–Crippen MR) is 112 cm³/mol. The van der Waals surface area contributed by atoms with Crippen LogP contribution >= 0.6 is 0 Å². The van der Waals surface area contributed by atoms with Gasteiger partial charge in [-0.2, -0.15) is 13.2 Å². The number of likely N-dealkylation sites (N-methyl/N-ethyl adjacent to an activating group) is 1. The molecule has 0 radical (unpaired) electrons. The van der Waals surface area contributed by atoms with E-state index in [0.717, 1.165) is 17.7 Å². The minimum absolute atomic E-state index is 0.123. The lowest BCUT2D eigenvalue weighted by Crippen LogP contribution is -2.29. The van der Waals surface area contributed by atoms with Gasteiger partial charge in [0.25, 0.3) is 5.91 Å². The van der Waals surface area contributed by atoms with E-state index >= 15 is 0 Å². The van der Waals surface area contributed by atoms with Gasteiger partial charge in [-0.1, -0.05) is 37.3 Å². The van der Waals surface area contributed by atoms with E-state index in [9.17, 15) is 22.8 Å². The average Bonchev–Trinajstić information content (AvgIpc) is 2.74. The SMILES string of the molecule is CCC(NC(=O)/C=C\c1ccc(C(F)(F)F)cc1)c1ccccc1OCC(=O)N(C)C. The molecule has 0 aliphatic rings. The lowest BCUT2D eigenvalue weighted by molar-refractivity contribution is -0.137. The van der Waals surface area contributed by atoms with E-state index in [2.05, 4.69) is 5.32 Å². The number of hydrogen-bond acceptors (Lipinski definition) is 3. The Morgan fingerprint density at radius 2 is 1.74 bits per heavy atom. The average molecular weight is 434 g/mol. The van der Waals surface area contributed by atoms with Crippen molar-refractivity contribution in [2.45, 2.75) is 25.6 Å². The van der Waals surface area contributed by atoms with Crippen LogP contribution in [0, 0.1) is 0 Å². The molecule has 1 atom stereocenters. The third-order valence-corrected chi connectivity index (χ3v) is 4.53. The lowest BCUT2D eigenvalue weighted by Gasteiger charge is -2.20. The van der Waals surface area contributed by atoms with E-state index in [1.54, 1.807) is 26.2 Å². The van der Waals surface area contributed by atoms with Gasteiger partial charge in [-0.25, -0.2) is 0 Å². The van der Waals surface area contributed by atoms with Gasteiger partial charge < -0.3 is 15.0 Å². The van der Waals surface area contributed by atoms with Crippen LogP contribution < -0.4 is 10.1 Å². The van der Waals surface area contributed by atoms with E-state index in [1.165, 1.54) is 29.2 Å². The molecule has 0 saturated carbocycles. The van der Waals surface area contributed by atoms with Crippen LogP contribution in [0.25, 0.3) is 6.08 Å². The molecule has 0 fully saturated rings. The van der Waals surface area contributed by atoms with Crippen molar-refractivity contribution in [3.8, 4) is 5.75 Å². The van der Waals surface area contributed by atoms with Crippen LogP contribution in [0.15, 0.2) is 54.6 Å². The van der Waals surface area contributed by atoms with Gasteiger partial charge in [0, 0.05) is 25.7 Å². The number of alkyl halides is 3. The molecule has 0 heterocycles. The largest absolute Gasteiger partial charge is 0.483 e. The number of ether oxygens (including phenoxy) is 1. The Labute approximate surface area is 179 Å². The molecular formula is C23H25F3N2O3. The van der Waals surface area contributed by atoms with Crippen LogP contribution in [0.2, 0.25) is 0 Å². The van der Waals surface area contributed by atoms with Crippen molar-refractivity contribution < 1.29 is 27.5 Å². The lowest BCUT2D eigenvalue weighted by atomic mass is 10.0. The Hall–Kier alpha value is -3.29. The highest BCUT2D eigenvalue weighted by Crippen LogP contribution is 2.29. The van der Waals surface area contributed by atoms with Gasteiger partial charge in [-0.3, -0.25) is 9.59 Å². The topological polar surface area (TPSA) is 58.6 Å². The molecule has 0 bridgehead atoms. The summed E-state index contributed by atoms with van der Waals surface area (Å²) in [5, 5.41) is 2.86. The number of rotatable bonds is 8. The van der Waals surface area contributed by atoms with Gasteiger partial charge in [0.05, 0.1) is 11.6 Å². The van der Waals surface area contributed by atoms with Crippen LogP contribution in [-0.2, 0) is 15.8 Å². The van der Waals surface area contributed by atoms with Gasteiger partial charge in [0.1, 0.15) is 5.75 Å². The van der Waals surface area contributed by atoms with Crippen molar-refractivity contribution in [3.63, 3.8) is 0 Å². The first-order chi connectivity index (χ1) is 14.6. The second-order valence-electron chi connectivity index (χ2n) is 7.04. The highest BCUT2D eigenvalue weighted by atomic mass is 19.4. The third kappa shape index (κ3) is 7.16. The van der Waals surface area contributed by atoms with Crippen LogP contribution in [0.4, 0.5) is 13.2 Å². The summed E-state index contributed by atoms with van der Waals surface area (Å²) in [7, 11) is 3.27. The maximum absolute atomic E-state index is 12.6. The molecule has 1 unspecified atom stereocenters. The number of para-hydroxylation sites is 1. The number of nitrogens with zero attached hydrogens (tertiary/aromatic N) is 1. The molecule has 0 saturated heterocycles. The molecule has 2 amide bonds. The van der Waals surface area contributed by atoms with Crippen LogP contribution in [-0.4, -0.2) is 37.4 Å². The summed E-state index contributed by atoms with van der Waals surface area (Å²) in [6.45, 7) is 1.77. The number of carbonyl (C=O) groups is 2. The van der Waals surface area contributed by atoms with Gasteiger partial charge in [-0.15, -0.1) is 0 Å². The standard InChI is InChI=1S/C23H25F3N2O3/c1-4-19(18-7-5-6-8-20(18)31-15-22(30)28(2)3)27-21(29)14-11-16-9-12-17(13-10-16)23(24,25)26/h5-14,19H,4,15H2,1-3H3,(H,27,29)/b14-11-. The summed E-state index contributed by atoms with van der Waals surface area (Å²) < 4.78 is 43.5. The summed E-state index contributed by atoms with van der Waals surface area (Å²) in [5.41, 5.74) is 0.458. The highest BCUT2D eigenvalue weighted by Gasteiger charge is 2.29. The second kappa shape index (κ2) is 10.7. The smallest absolute Gasteiger partial charge is 0.416 e. The molecule has 31 heavy (non-hydrogen) atoms. The Bertz CT molecular complexity index is 922. The first-order valence-electron chi connectivity index (χ1n) is 9.69. The maximum atomic E-state index is 12.6. The zero-order valence-corrected chi connectivity index (χ0v) is 17.6. The van der Waals surface area contributed by atoms with Crippen LogP contribution in [0.3, 0.4) is 0 Å². The van der Waals surface area contributed by atoms with E-state index in [4.69, 9.17) is 4.74 Å². The number of halogens is 3. The summed E-state index contributed by atoms with van der Waals surface area (Å²) in [5.74, 6) is -0.0890. The van der Waals surface area contributed by atoms with Crippen molar-refractivity contribution in [1.29, 1.82) is 0 Å². The van der Waals surface area contributed by atoms with Crippen molar-refractivity contribution in [2.75, 3.05) is 20.7 Å². The fraction of sp³-hybridized carbons (Fsp3) is 0.304. The normalized spacial score (nSPS) is 12.5. The molecule has 0 aromatic heterocycles. The van der Waals surface area contributed by atoms with E-state index < -0.39 is 17.6 Å². The summed E-state index contributed by atoms with van der Waals surface area (Å²) >= 11 is 0. The third-order valence-electron chi connectivity index (χ3n) is 4.53. The molecule has 2 aromatic rings. The van der Waals surface area contributed by atoms with Gasteiger partial charge in [-0.05, 0) is 36.3 Å². The molecule has 0 spiro atoms. The minimum Gasteiger partial charge on any atom is -0.483 e. The van der Waals surface area contributed by atoms with Crippen molar-refractivity contribution in [3.05, 3.63) is 71.3 Å². The highest BCUT2D eigenvalue weighted by molar-refractivity contribution is 5.92. The Kier molecular flexibility index (Phi) is 8.24. The molecule has 2 aromatic carbocycles. The molecule has 166 valence electrons. The molecule has 8 heteroatoms. The first-order valence-corrected chi connectivity index (χ1v) is 9.69. The summed E-state index contributed by atoms with van der Waals surface area (Å²) in [6, 6.07) is 11.3. The molecule has 0 aliphatic carbocycles. The monoisotopic (exact) mass is 434 g/mol. The Morgan fingerprint density at radius 3 is 2.32 bits per heavy atom. The van der Waals surface area contributed by atoms with Gasteiger partial charge >= 0.3 is 6.18 Å². The minimum atomic E-state index is -4.40. The molecule has 2 rings (SSSR count). The molecule has 5 nitrogen and oxygen atoms in total. The maximum Gasteiger partial charge on any atom is 0.416 e. The van der Waals surface area contributed by atoms with E-state index in [0.29, 0.717) is 17.7 Å². The second-order valence-corrected chi connectivity index (χ2v) is 7.04. The van der Waals surface area contributed by atoms with Gasteiger partial charge in [0.15, 0.2) is 6.61 Å². The first kappa shape index (κ1) is 24.0. The zero-order chi connectivity index (χ0) is 23.0. The molecule has 0 aliphatic heterocycles. The Morgan fingerprint density at radius 1 is 1.10 bits per heavy atom. The fourth-order valence-corrected chi connectivity index (χ4v) is 2.74. The Balaban J connectivity index is 2.06. The van der Waals surface area contributed by atoms with Gasteiger partial charge in [0.2, 0.25) is 5.91 Å². The summed E-state index contributed by atoms with van der Waals surface area (Å²) in [4.78, 5) is 25.6. The molecular weight excluding hydrogens is 409 g/mol. The van der Waals surface area contributed by atoms with Crippen LogP contribution in [0.1, 0.15) is 36.1 Å². The number of benzene rings is 2. The van der Waals surface area contributed by atoms with E-state index in [-0.39, 0.29) is 18.6 Å². The number of nitrogens with one attached hydrogen (secondary N) is 1. The van der Waals surface area contributed by atoms with Crippen molar-refractivity contribution in [2.24, 2.45) is 0 Å². The fourth-order valence-electron chi connectivity index (χ4n) is 2.74. The van der Waals surface area contributed by atoms with Crippen molar-refractivity contribution in [1.82, 2.24) is 10.2 Å². The number of carbonyl (C=O) groups excluding carboxylic acids is 2. The number of hydrogen-bond donors (Lipinski definition) is 1. The molecule has 1 N–H and O–H groups in total. The zero-order valence-electron chi connectivity index (χ0n) is 17.6. The van der Waals surface area contributed by atoms with E-state index in [1.807, 2.05) is 19.1 Å². The van der Waals surface area contributed by atoms with Crippen molar-refractivity contribution >= 4 is 17.9 Å².